The maximum absolute atomic E-state index is 12.3. The van der Waals surface area contributed by atoms with Gasteiger partial charge in [-0.1, -0.05) is 18.6 Å². The van der Waals surface area contributed by atoms with Crippen molar-refractivity contribution in [2.75, 3.05) is 19.3 Å². The molecule has 0 bridgehead atoms. The molecule has 0 aromatic heterocycles. The van der Waals surface area contributed by atoms with Gasteiger partial charge >= 0.3 is 0 Å². The average Bonchev–Trinajstić information content (AvgIpc) is 2.47. The van der Waals surface area contributed by atoms with Crippen LogP contribution in [0.1, 0.15) is 37.8 Å². The smallest absolute Gasteiger partial charge is 0.224 e. The maximum atomic E-state index is 12.3. The summed E-state index contributed by atoms with van der Waals surface area (Å²) in [5.74, 6) is 0. The lowest BCUT2D eigenvalue weighted by molar-refractivity contribution is 0.339. The van der Waals surface area contributed by atoms with E-state index in [1.807, 2.05) is 0 Å². The molecule has 1 atom stereocenters. The molecule has 2 rings (SSSR count). The van der Waals surface area contributed by atoms with Gasteiger partial charge in [0.15, 0.2) is 9.84 Å². The summed E-state index contributed by atoms with van der Waals surface area (Å²) in [4.78, 5) is 0.224. The fraction of sp³-hybridized carbons (Fsp3) is 0.571. The monoisotopic (exact) mass is 346 g/mol. The molecule has 1 aromatic carbocycles. The van der Waals surface area contributed by atoms with E-state index >= 15 is 0 Å². The lowest BCUT2D eigenvalue weighted by Gasteiger charge is -2.27. The molecule has 22 heavy (non-hydrogen) atoms. The summed E-state index contributed by atoms with van der Waals surface area (Å²) in [5, 5.41) is 0. The molecule has 8 heteroatoms. The van der Waals surface area contributed by atoms with Gasteiger partial charge in [0, 0.05) is 25.4 Å². The third-order valence-corrected chi connectivity index (χ3v) is 6.61. The predicted molar refractivity (Wildman–Crippen MR) is 85.4 cm³/mol. The van der Waals surface area contributed by atoms with E-state index in [4.69, 9.17) is 0 Å². The maximum Gasteiger partial charge on any atom is 0.279 e. The fourth-order valence-electron chi connectivity index (χ4n) is 2.47. The quantitative estimate of drug-likeness (QED) is 0.875. The molecule has 0 aliphatic carbocycles. The molecule has 1 saturated heterocycles. The second kappa shape index (κ2) is 6.66. The Balaban J connectivity index is 2.09. The van der Waals surface area contributed by atoms with Gasteiger partial charge in [0.2, 0.25) is 0 Å². The first-order valence-corrected chi connectivity index (χ1v) is 10.6. The van der Waals surface area contributed by atoms with Crippen LogP contribution in [0.15, 0.2) is 29.2 Å². The van der Waals surface area contributed by atoms with Gasteiger partial charge in [-0.2, -0.15) is 17.4 Å². The standard InChI is InChI=1S/C14H22N2O4S2/c1-12(13-6-8-14(9-7-13)21(2,17)18)15-22(19,20)16-10-4-3-5-11-16/h6-9,12,15H,3-5,10-11H2,1-2H3/t12-/m1/s1. The van der Waals surface area contributed by atoms with Gasteiger partial charge in [-0.15, -0.1) is 0 Å². The number of rotatable bonds is 5. The number of hydrogen-bond donors (Lipinski definition) is 1. The van der Waals surface area contributed by atoms with Crippen molar-refractivity contribution in [2.24, 2.45) is 0 Å². The Morgan fingerprint density at radius 3 is 2.05 bits per heavy atom. The Labute approximate surface area is 132 Å². The van der Waals surface area contributed by atoms with Crippen molar-refractivity contribution in [3.8, 4) is 0 Å². The molecule has 1 aliphatic heterocycles. The van der Waals surface area contributed by atoms with Crippen LogP contribution in [-0.4, -0.2) is 40.5 Å². The van der Waals surface area contributed by atoms with Crippen molar-refractivity contribution < 1.29 is 16.8 Å². The molecule has 0 spiro atoms. The van der Waals surface area contributed by atoms with Crippen molar-refractivity contribution in [3.63, 3.8) is 0 Å². The van der Waals surface area contributed by atoms with Gasteiger partial charge in [-0.3, -0.25) is 0 Å². The first-order chi connectivity index (χ1) is 10.2. The van der Waals surface area contributed by atoms with E-state index < -0.39 is 26.1 Å². The minimum atomic E-state index is -3.50. The van der Waals surface area contributed by atoms with E-state index in [-0.39, 0.29) is 4.90 Å². The molecule has 1 fully saturated rings. The van der Waals surface area contributed by atoms with E-state index in [0.29, 0.717) is 13.1 Å². The highest BCUT2D eigenvalue weighted by Crippen LogP contribution is 2.19. The summed E-state index contributed by atoms with van der Waals surface area (Å²) < 4.78 is 51.6. The Morgan fingerprint density at radius 1 is 1.00 bits per heavy atom. The largest absolute Gasteiger partial charge is 0.279 e. The van der Waals surface area contributed by atoms with E-state index in [2.05, 4.69) is 4.72 Å². The topological polar surface area (TPSA) is 83.6 Å². The average molecular weight is 346 g/mol. The molecule has 0 amide bonds. The normalized spacial score (nSPS) is 19.0. The van der Waals surface area contributed by atoms with Crippen LogP contribution >= 0.6 is 0 Å². The number of nitrogens with one attached hydrogen (secondary N) is 1. The van der Waals surface area contributed by atoms with Gasteiger partial charge in [0.25, 0.3) is 10.2 Å². The second-order valence-electron chi connectivity index (χ2n) is 5.65. The lowest BCUT2D eigenvalue weighted by atomic mass is 10.1. The zero-order valence-corrected chi connectivity index (χ0v) is 14.5. The first kappa shape index (κ1) is 17.4. The Bertz CT molecular complexity index is 706. The molecule has 6 nitrogen and oxygen atoms in total. The SMILES string of the molecule is C[C@@H](NS(=O)(=O)N1CCCCC1)c1ccc(S(C)(=O)=O)cc1. The van der Waals surface area contributed by atoms with Crippen molar-refractivity contribution in [2.45, 2.75) is 37.1 Å². The molecule has 1 N–H and O–H groups in total. The minimum Gasteiger partial charge on any atom is -0.224 e. The van der Waals surface area contributed by atoms with Gasteiger partial charge in [0.1, 0.15) is 0 Å². The van der Waals surface area contributed by atoms with Gasteiger partial charge in [0.05, 0.1) is 4.90 Å². The van der Waals surface area contributed by atoms with Crippen molar-refractivity contribution in [1.82, 2.24) is 9.03 Å². The zero-order valence-electron chi connectivity index (χ0n) is 12.8. The predicted octanol–water partition coefficient (Wildman–Crippen LogP) is 1.47. The third kappa shape index (κ3) is 4.28. The highest BCUT2D eigenvalue weighted by atomic mass is 32.2. The summed E-state index contributed by atoms with van der Waals surface area (Å²) in [6.45, 7) is 2.85. The van der Waals surface area contributed by atoms with Crippen LogP contribution in [0.5, 0.6) is 0 Å². The lowest BCUT2D eigenvalue weighted by Crippen LogP contribution is -2.44. The van der Waals surface area contributed by atoms with Gasteiger partial charge in [-0.25, -0.2) is 8.42 Å². The van der Waals surface area contributed by atoms with Crippen molar-refractivity contribution >= 4 is 20.0 Å². The van der Waals surface area contributed by atoms with E-state index in [1.54, 1.807) is 19.1 Å². The first-order valence-electron chi connectivity index (χ1n) is 7.27. The highest BCUT2D eigenvalue weighted by Gasteiger charge is 2.25. The van der Waals surface area contributed by atoms with Crippen LogP contribution in [0, 0.1) is 0 Å². The number of hydrogen-bond acceptors (Lipinski definition) is 4. The number of benzene rings is 1. The molecule has 124 valence electrons. The molecule has 0 radical (unpaired) electrons. The molecular weight excluding hydrogens is 324 g/mol. The Morgan fingerprint density at radius 2 is 1.55 bits per heavy atom. The van der Waals surface area contributed by atoms with Crippen LogP contribution in [0.4, 0.5) is 0 Å². The highest BCUT2D eigenvalue weighted by molar-refractivity contribution is 7.90. The minimum absolute atomic E-state index is 0.224. The molecule has 0 unspecified atom stereocenters. The molecular formula is C14H22N2O4S2. The molecule has 1 aromatic rings. The van der Waals surface area contributed by atoms with Crippen LogP contribution in [-0.2, 0) is 20.0 Å². The number of nitrogens with zero attached hydrogens (tertiary/aromatic N) is 1. The van der Waals surface area contributed by atoms with Crippen molar-refractivity contribution in [3.05, 3.63) is 29.8 Å². The summed E-state index contributed by atoms with van der Waals surface area (Å²) in [6, 6.07) is 5.85. The van der Waals surface area contributed by atoms with E-state index in [0.717, 1.165) is 31.1 Å². The second-order valence-corrected chi connectivity index (χ2v) is 9.36. The molecule has 0 saturated carbocycles. The fourth-order valence-corrected chi connectivity index (χ4v) is 4.58. The summed E-state index contributed by atoms with van der Waals surface area (Å²) in [7, 11) is -6.75. The van der Waals surface area contributed by atoms with E-state index in [1.165, 1.54) is 16.4 Å². The summed E-state index contributed by atoms with van der Waals surface area (Å²) in [5.41, 5.74) is 0.730. The van der Waals surface area contributed by atoms with Crippen LogP contribution < -0.4 is 4.72 Å². The summed E-state index contributed by atoms with van der Waals surface area (Å²) in [6.07, 6.45) is 3.98. The van der Waals surface area contributed by atoms with Crippen LogP contribution in [0.3, 0.4) is 0 Å². The Hall–Kier alpha value is -0.960. The number of sulfone groups is 1. The van der Waals surface area contributed by atoms with Crippen LogP contribution in [0.2, 0.25) is 0 Å². The Kier molecular flexibility index (Phi) is 5.26. The van der Waals surface area contributed by atoms with Gasteiger partial charge in [-0.05, 0) is 37.5 Å². The van der Waals surface area contributed by atoms with Gasteiger partial charge < -0.3 is 0 Å². The summed E-state index contributed by atoms with van der Waals surface area (Å²) >= 11 is 0. The number of piperidine rings is 1. The molecule has 1 heterocycles. The molecule has 1 aliphatic rings. The van der Waals surface area contributed by atoms with Crippen molar-refractivity contribution in [1.29, 1.82) is 0 Å². The van der Waals surface area contributed by atoms with Crippen LogP contribution in [0.25, 0.3) is 0 Å². The zero-order chi connectivity index (χ0) is 16.4. The van der Waals surface area contributed by atoms with E-state index in [9.17, 15) is 16.8 Å². The third-order valence-electron chi connectivity index (χ3n) is 3.79.